The highest BCUT2D eigenvalue weighted by Gasteiger charge is 2.50. The summed E-state index contributed by atoms with van der Waals surface area (Å²) in [4.78, 5) is 47.7. The van der Waals surface area contributed by atoms with Crippen molar-refractivity contribution in [1.82, 2.24) is 0 Å². The van der Waals surface area contributed by atoms with E-state index < -0.39 is 24.7 Å². The van der Waals surface area contributed by atoms with Crippen molar-refractivity contribution >= 4 is 57.3 Å². The largest absolute Gasteiger partial charge is 0.507 e. The summed E-state index contributed by atoms with van der Waals surface area (Å²) >= 11 is 6.44. The maximum absolute atomic E-state index is 14.8. The third-order valence-electron chi connectivity index (χ3n) is 11.9. The Hall–Kier alpha value is -6.08. The van der Waals surface area contributed by atoms with Crippen LogP contribution in [0.2, 0.25) is 0 Å². The van der Waals surface area contributed by atoms with Gasteiger partial charge < -0.3 is 38.6 Å². The van der Waals surface area contributed by atoms with Gasteiger partial charge in [-0.15, -0.1) is 11.6 Å². The molecule has 13 heteroatoms. The van der Waals surface area contributed by atoms with Crippen LogP contribution in [0.15, 0.2) is 104 Å². The van der Waals surface area contributed by atoms with Gasteiger partial charge in [0.2, 0.25) is 5.91 Å². The molecule has 2 unspecified atom stereocenters. The fraction of sp³-hybridized carbons (Fsp3) is 0.312. The number of hydrogen-bond acceptors (Lipinski definition) is 9. The molecule has 4 aliphatic rings. The second kappa shape index (κ2) is 17.1. The van der Waals surface area contributed by atoms with Gasteiger partial charge in [-0.2, -0.15) is 0 Å². The normalized spacial score (nSPS) is 20.4. The molecule has 1 fully saturated rings. The first kappa shape index (κ1) is 40.3. The van der Waals surface area contributed by atoms with Gasteiger partial charge in [-0.25, -0.2) is 9.69 Å². The summed E-state index contributed by atoms with van der Waals surface area (Å²) in [5.41, 5.74) is 5.32. The van der Waals surface area contributed by atoms with Crippen LogP contribution in [0.25, 0.3) is 10.8 Å². The quantitative estimate of drug-likeness (QED) is 0.103. The van der Waals surface area contributed by atoms with E-state index in [1.807, 2.05) is 72.8 Å². The second-order valence-electron chi connectivity index (χ2n) is 15.7. The number of fused-ring (bicyclic) bond motifs is 7. The number of rotatable bonds is 11. The fourth-order valence-electron chi connectivity index (χ4n) is 9.11. The summed E-state index contributed by atoms with van der Waals surface area (Å²) in [6.07, 6.45) is 2.16. The number of nitrogens with zero attached hydrogens (tertiary/aromatic N) is 3. The van der Waals surface area contributed by atoms with E-state index >= 15 is 0 Å². The second-order valence-corrected chi connectivity index (χ2v) is 16.0. The third-order valence-corrected chi connectivity index (χ3v) is 12.3. The lowest BCUT2D eigenvalue weighted by molar-refractivity contribution is -0.190. The molecular formula is C48H46ClN3O9. The summed E-state index contributed by atoms with van der Waals surface area (Å²) < 4.78 is 30.7. The minimum absolute atomic E-state index is 0.0604. The highest BCUT2D eigenvalue weighted by molar-refractivity contribution is 6.19. The predicted octanol–water partition coefficient (Wildman–Crippen LogP) is 8.63. The van der Waals surface area contributed by atoms with Gasteiger partial charge in [0.1, 0.15) is 19.0 Å². The number of alkyl halides is 1. The van der Waals surface area contributed by atoms with E-state index in [0.717, 1.165) is 51.6 Å². The third kappa shape index (κ3) is 7.53. The van der Waals surface area contributed by atoms with Crippen molar-refractivity contribution in [2.45, 2.75) is 63.2 Å². The zero-order chi connectivity index (χ0) is 42.2. The highest BCUT2D eigenvalue weighted by atomic mass is 35.5. The minimum Gasteiger partial charge on any atom is -0.507 e. The van der Waals surface area contributed by atoms with E-state index in [1.165, 1.54) is 18.1 Å². The molecule has 5 aromatic rings. The number of phenolic OH excluding ortho intramolecular Hbond substituents is 1. The molecule has 1 saturated heterocycles. The summed E-state index contributed by atoms with van der Waals surface area (Å²) in [6, 6.07) is 27.1. The van der Waals surface area contributed by atoms with E-state index in [4.69, 9.17) is 35.3 Å². The van der Waals surface area contributed by atoms with E-state index in [2.05, 4.69) is 6.58 Å². The minimum atomic E-state index is -0.988. The van der Waals surface area contributed by atoms with E-state index in [1.54, 1.807) is 28.0 Å². The fourth-order valence-corrected chi connectivity index (χ4v) is 9.36. The van der Waals surface area contributed by atoms with Crippen LogP contribution in [0.4, 0.5) is 21.9 Å². The zero-order valence-corrected chi connectivity index (χ0v) is 34.5. The maximum atomic E-state index is 14.8. The molecule has 0 aliphatic carbocycles. The topological polar surface area (TPSA) is 127 Å². The number of halogens is 1. The van der Waals surface area contributed by atoms with Gasteiger partial charge in [-0.1, -0.05) is 79.4 Å². The number of carbonyl (C=O) groups is 3. The number of para-hydroxylation sites is 1. The van der Waals surface area contributed by atoms with Crippen molar-refractivity contribution in [1.29, 1.82) is 0 Å². The Balaban J connectivity index is 1.02. The van der Waals surface area contributed by atoms with E-state index in [9.17, 15) is 19.5 Å². The molecule has 61 heavy (non-hydrogen) atoms. The monoisotopic (exact) mass is 843 g/mol. The van der Waals surface area contributed by atoms with Crippen LogP contribution in [0.3, 0.4) is 0 Å². The smallest absolute Gasteiger partial charge is 0.416 e. The number of ether oxygens (including phenoxy) is 5. The Morgan fingerprint density at radius 1 is 0.934 bits per heavy atom. The molecule has 5 aromatic carbocycles. The SMILES string of the molecule is C=CCOC(=O)N1c2cc(OCc3cccc(CC(=O)N4C[C@@H](CCl)c5c4cc(O)c4ccccc54)c3)c(OC)cc2C(=O)N2c3ccccc3C[C@H]2C1OC1CCCCO1. The molecular weight excluding hydrogens is 798 g/mol. The number of amides is 3. The highest BCUT2D eigenvalue weighted by Crippen LogP contribution is 2.47. The maximum Gasteiger partial charge on any atom is 0.416 e. The van der Waals surface area contributed by atoms with Crippen molar-refractivity contribution in [3.63, 3.8) is 0 Å². The predicted molar refractivity (Wildman–Crippen MR) is 232 cm³/mol. The summed E-state index contributed by atoms with van der Waals surface area (Å²) in [5.74, 6) is 0.484. The summed E-state index contributed by atoms with van der Waals surface area (Å²) in [5, 5.41) is 12.5. The first-order valence-electron chi connectivity index (χ1n) is 20.6. The van der Waals surface area contributed by atoms with Gasteiger partial charge in [0.25, 0.3) is 5.91 Å². The average Bonchev–Trinajstić information content (AvgIpc) is 3.84. The molecule has 12 nitrogen and oxygen atoms in total. The number of hydrogen-bond donors (Lipinski definition) is 1. The number of methoxy groups -OCH3 is 1. The molecule has 0 spiro atoms. The molecule has 3 amide bonds. The first-order chi connectivity index (χ1) is 29.8. The van der Waals surface area contributed by atoms with Crippen molar-refractivity contribution in [2.24, 2.45) is 0 Å². The molecule has 4 aliphatic heterocycles. The van der Waals surface area contributed by atoms with Crippen molar-refractivity contribution in [2.75, 3.05) is 47.4 Å². The number of carbonyl (C=O) groups excluding carboxylic acids is 3. The van der Waals surface area contributed by atoms with Gasteiger partial charge in [0, 0.05) is 48.2 Å². The Bertz CT molecular complexity index is 2520. The van der Waals surface area contributed by atoms with Crippen LogP contribution in [-0.2, 0) is 38.5 Å². The van der Waals surface area contributed by atoms with Crippen LogP contribution in [0.5, 0.6) is 17.2 Å². The molecule has 9 rings (SSSR count). The Morgan fingerprint density at radius 3 is 2.52 bits per heavy atom. The van der Waals surface area contributed by atoms with Gasteiger partial charge in [-0.05, 0) is 65.5 Å². The Kier molecular flexibility index (Phi) is 11.3. The average molecular weight is 844 g/mol. The lowest BCUT2D eigenvalue weighted by Crippen LogP contribution is -2.55. The van der Waals surface area contributed by atoms with Gasteiger partial charge in [-0.3, -0.25) is 9.59 Å². The summed E-state index contributed by atoms with van der Waals surface area (Å²) in [6.45, 7) is 4.68. The Labute approximate surface area is 358 Å². The van der Waals surface area contributed by atoms with Crippen LogP contribution >= 0.6 is 11.6 Å². The molecule has 4 heterocycles. The number of phenols is 1. The van der Waals surface area contributed by atoms with E-state index in [0.29, 0.717) is 37.6 Å². The van der Waals surface area contributed by atoms with Crippen molar-refractivity contribution in [3.8, 4) is 17.2 Å². The number of aromatic hydroxyl groups is 1. The lowest BCUT2D eigenvalue weighted by atomic mass is 9.95. The van der Waals surface area contributed by atoms with Gasteiger partial charge in [0.05, 0.1) is 36.5 Å². The van der Waals surface area contributed by atoms with Crippen LogP contribution in [-0.4, -0.2) is 74.3 Å². The summed E-state index contributed by atoms with van der Waals surface area (Å²) in [7, 11) is 1.49. The zero-order valence-electron chi connectivity index (χ0n) is 33.8. The van der Waals surface area contributed by atoms with Crippen molar-refractivity contribution in [3.05, 3.63) is 131 Å². The molecule has 0 aromatic heterocycles. The molecule has 4 atom stereocenters. The molecule has 0 radical (unpaired) electrons. The van der Waals surface area contributed by atoms with Crippen LogP contribution < -0.4 is 24.2 Å². The lowest BCUT2D eigenvalue weighted by Gasteiger charge is -2.38. The molecule has 1 N–H and O–H groups in total. The van der Waals surface area contributed by atoms with Gasteiger partial charge in [0.15, 0.2) is 24.0 Å². The van der Waals surface area contributed by atoms with Crippen LogP contribution in [0, 0.1) is 0 Å². The van der Waals surface area contributed by atoms with Crippen LogP contribution in [0.1, 0.15) is 57.8 Å². The first-order valence-corrected chi connectivity index (χ1v) is 21.1. The number of benzene rings is 5. The van der Waals surface area contributed by atoms with Gasteiger partial charge >= 0.3 is 6.09 Å². The Morgan fingerprint density at radius 2 is 1.74 bits per heavy atom. The molecule has 0 bridgehead atoms. The molecule has 314 valence electrons. The van der Waals surface area contributed by atoms with Crippen molar-refractivity contribution < 1.29 is 43.2 Å². The van der Waals surface area contributed by atoms with E-state index in [-0.39, 0.29) is 65.9 Å². The number of anilines is 3. The standard InChI is InChI=1S/C48H46ClN3O9/c1-3-18-59-48(56)52-37-25-42(41(57-2)23-35(37)46(55)51-36-16-7-4-13-31(36)22-39(51)47(52)61-44-17-8-9-19-58-44)60-28-30-12-10-11-29(20-30)21-43(54)50-27-32(26-49)45-34-15-6-5-14-33(34)40(53)24-38(45)50/h3-7,10-16,20,23-25,32,39,44,47,53H,1,8-9,17-19,21-22,26-28H2,2H3/t32-,39+,44?,47?/m1/s1. The molecule has 0 saturated carbocycles.